The second-order valence-electron chi connectivity index (χ2n) is 3.63. The summed E-state index contributed by atoms with van der Waals surface area (Å²) in [5, 5.41) is 9.70. The van der Waals surface area contributed by atoms with Gasteiger partial charge in [-0.2, -0.15) is 13.2 Å². The lowest BCUT2D eigenvalue weighted by molar-refractivity contribution is -0.432. The molecule has 1 fully saturated rings. The quantitative estimate of drug-likeness (QED) is 0.487. The maximum atomic E-state index is 12.2. The molecule has 1 aliphatic carbocycles. The molecule has 0 aromatic heterocycles. The molecule has 1 saturated carbocycles. The summed E-state index contributed by atoms with van der Waals surface area (Å²) >= 11 is 0.769. The van der Waals surface area contributed by atoms with Gasteiger partial charge in [0.05, 0.1) is 5.25 Å². The summed E-state index contributed by atoms with van der Waals surface area (Å²) in [7, 11) is -5.07. The largest absolute Gasteiger partial charge is 0.497 e. The van der Waals surface area contributed by atoms with Gasteiger partial charge in [0.15, 0.2) is 0 Å². The highest BCUT2D eigenvalue weighted by atomic mass is 32.2. The van der Waals surface area contributed by atoms with E-state index in [2.05, 4.69) is 9.37 Å². The van der Waals surface area contributed by atoms with E-state index in [-0.39, 0.29) is 30.9 Å². The van der Waals surface area contributed by atoms with Gasteiger partial charge in [-0.15, -0.1) is 4.33 Å². The number of sulfone groups is 1. The number of halogens is 3. The Morgan fingerprint density at radius 1 is 1.18 bits per heavy atom. The van der Waals surface area contributed by atoms with E-state index in [4.69, 9.17) is 5.26 Å². The second-order valence-corrected chi connectivity index (χ2v) is 6.84. The lowest BCUT2D eigenvalue weighted by Gasteiger charge is -2.27. The smallest absolute Gasteiger partial charge is 0.220 e. The third kappa shape index (κ3) is 3.71. The van der Waals surface area contributed by atoms with E-state index in [1.54, 1.807) is 0 Å². The SMILES string of the molecule is O=S(=O)(C1CCC(SOOO)CC1)C(F)(F)F. The van der Waals surface area contributed by atoms with Crippen molar-refractivity contribution in [1.29, 1.82) is 0 Å². The Bertz CT molecular complexity index is 334. The Hall–Kier alpha value is -0.0300. The standard InChI is InChI=1S/C7H11F3O5S2/c8-7(9,10)17(12,13)6-3-1-5(2-4-6)16-15-14-11/h5-6,11H,1-4H2. The fourth-order valence-electron chi connectivity index (χ4n) is 1.70. The molecule has 0 saturated heterocycles. The third-order valence-electron chi connectivity index (χ3n) is 2.59. The zero-order chi connectivity index (χ0) is 13.1. The normalized spacial score (nSPS) is 27.1. The van der Waals surface area contributed by atoms with Crippen LogP contribution in [-0.2, 0) is 19.2 Å². The fraction of sp³-hybridized carbons (Fsp3) is 1.00. The van der Waals surface area contributed by atoms with E-state index in [1.807, 2.05) is 0 Å². The molecule has 0 aromatic rings. The van der Waals surface area contributed by atoms with Gasteiger partial charge in [-0.05, 0) is 25.7 Å². The summed E-state index contributed by atoms with van der Waals surface area (Å²) in [6.07, 6.45) is 0.366. The molecule has 10 heteroatoms. The van der Waals surface area contributed by atoms with Crippen LogP contribution in [0.5, 0.6) is 0 Å². The van der Waals surface area contributed by atoms with Crippen LogP contribution in [0.15, 0.2) is 0 Å². The maximum absolute atomic E-state index is 12.2. The lowest BCUT2D eigenvalue weighted by Crippen LogP contribution is -2.37. The molecule has 1 aliphatic rings. The first-order valence-corrected chi connectivity index (χ1v) is 7.08. The summed E-state index contributed by atoms with van der Waals surface area (Å²) in [6.45, 7) is 0. The number of rotatable bonds is 4. The van der Waals surface area contributed by atoms with Crippen LogP contribution in [-0.4, -0.2) is 29.7 Å². The first-order valence-electron chi connectivity index (χ1n) is 4.72. The van der Waals surface area contributed by atoms with Crippen LogP contribution in [0, 0.1) is 0 Å². The van der Waals surface area contributed by atoms with Crippen molar-refractivity contribution in [1.82, 2.24) is 0 Å². The van der Waals surface area contributed by atoms with Gasteiger partial charge in [-0.3, -0.25) is 0 Å². The van der Waals surface area contributed by atoms with Crippen molar-refractivity contribution in [3.63, 3.8) is 0 Å². The highest BCUT2D eigenvalue weighted by molar-refractivity contribution is 7.95. The van der Waals surface area contributed by atoms with Crippen LogP contribution in [0.2, 0.25) is 0 Å². The fourth-order valence-corrected chi connectivity index (χ4v) is 3.58. The molecule has 0 bridgehead atoms. The molecule has 1 rings (SSSR count). The summed E-state index contributed by atoms with van der Waals surface area (Å²) < 4.78 is 63.1. The van der Waals surface area contributed by atoms with Crippen molar-refractivity contribution in [3.05, 3.63) is 0 Å². The summed E-state index contributed by atoms with van der Waals surface area (Å²) in [5.74, 6) is 0. The van der Waals surface area contributed by atoms with Crippen molar-refractivity contribution < 1.29 is 36.2 Å². The van der Waals surface area contributed by atoms with Crippen LogP contribution >= 0.6 is 12.0 Å². The Kier molecular flexibility index (Phi) is 5.07. The van der Waals surface area contributed by atoms with Gasteiger partial charge in [-0.25, -0.2) is 13.7 Å². The maximum Gasteiger partial charge on any atom is 0.497 e. The van der Waals surface area contributed by atoms with Crippen LogP contribution in [0.25, 0.3) is 0 Å². The van der Waals surface area contributed by atoms with Crippen LogP contribution < -0.4 is 0 Å². The van der Waals surface area contributed by atoms with Crippen molar-refractivity contribution in [2.24, 2.45) is 0 Å². The van der Waals surface area contributed by atoms with Gasteiger partial charge in [0.2, 0.25) is 0 Å². The third-order valence-corrected chi connectivity index (χ3v) is 5.47. The molecule has 0 unspecified atom stereocenters. The van der Waals surface area contributed by atoms with Crippen LogP contribution in [0.4, 0.5) is 13.2 Å². The minimum Gasteiger partial charge on any atom is -0.220 e. The Morgan fingerprint density at radius 3 is 2.12 bits per heavy atom. The highest BCUT2D eigenvalue weighted by Gasteiger charge is 2.51. The zero-order valence-electron chi connectivity index (χ0n) is 8.51. The topological polar surface area (TPSA) is 72.8 Å². The van der Waals surface area contributed by atoms with Crippen molar-refractivity contribution >= 4 is 21.9 Å². The zero-order valence-corrected chi connectivity index (χ0v) is 10.1. The monoisotopic (exact) mass is 296 g/mol. The Morgan fingerprint density at radius 2 is 1.71 bits per heavy atom. The molecule has 1 N–H and O–H groups in total. The minimum atomic E-state index is -5.19. The molecule has 102 valence electrons. The molecule has 0 amide bonds. The Balaban J connectivity index is 2.53. The molecular formula is C7H11F3O5S2. The second kappa shape index (κ2) is 5.74. The molecule has 0 radical (unpaired) electrons. The first kappa shape index (κ1) is 15.0. The average molecular weight is 296 g/mol. The average Bonchev–Trinajstić information content (AvgIpc) is 2.25. The molecule has 17 heavy (non-hydrogen) atoms. The highest BCUT2D eigenvalue weighted by Crippen LogP contribution is 2.37. The molecule has 0 atom stereocenters. The number of alkyl halides is 3. The van der Waals surface area contributed by atoms with E-state index in [9.17, 15) is 21.6 Å². The van der Waals surface area contributed by atoms with Crippen molar-refractivity contribution in [3.8, 4) is 0 Å². The van der Waals surface area contributed by atoms with Crippen LogP contribution in [0.3, 0.4) is 0 Å². The van der Waals surface area contributed by atoms with Gasteiger partial charge in [0.25, 0.3) is 9.84 Å². The van der Waals surface area contributed by atoms with Crippen molar-refractivity contribution in [2.45, 2.75) is 41.7 Å². The molecule has 5 nitrogen and oxygen atoms in total. The predicted octanol–water partition coefficient (Wildman–Crippen LogP) is 2.30. The molecular weight excluding hydrogens is 285 g/mol. The lowest BCUT2D eigenvalue weighted by atomic mass is 10.00. The van der Waals surface area contributed by atoms with E-state index >= 15 is 0 Å². The van der Waals surface area contributed by atoms with E-state index in [0.717, 1.165) is 12.0 Å². The number of hydrogen-bond acceptors (Lipinski definition) is 6. The summed E-state index contributed by atoms with van der Waals surface area (Å²) in [6, 6.07) is 0. The molecule has 0 aromatic carbocycles. The van der Waals surface area contributed by atoms with Crippen molar-refractivity contribution in [2.75, 3.05) is 0 Å². The Labute approximate surface area is 100 Å². The first-order chi connectivity index (χ1) is 7.79. The molecule has 0 heterocycles. The minimum absolute atomic E-state index is 0.0751. The molecule has 0 aliphatic heterocycles. The van der Waals surface area contributed by atoms with Gasteiger partial charge in [0, 0.05) is 17.3 Å². The van der Waals surface area contributed by atoms with E-state index < -0.39 is 20.6 Å². The summed E-state index contributed by atoms with van der Waals surface area (Å²) in [4.78, 5) is 0. The molecule has 0 spiro atoms. The van der Waals surface area contributed by atoms with Gasteiger partial charge >= 0.3 is 5.51 Å². The number of hydrogen-bond donors (Lipinski definition) is 1. The van der Waals surface area contributed by atoms with Gasteiger partial charge < -0.3 is 0 Å². The van der Waals surface area contributed by atoms with Gasteiger partial charge in [0.1, 0.15) is 0 Å². The van der Waals surface area contributed by atoms with E-state index in [1.165, 1.54) is 0 Å². The predicted molar refractivity (Wildman–Crippen MR) is 53.4 cm³/mol. The summed E-state index contributed by atoms with van der Waals surface area (Å²) in [5.41, 5.74) is -5.19. The van der Waals surface area contributed by atoms with E-state index in [0.29, 0.717) is 0 Å². The van der Waals surface area contributed by atoms with Gasteiger partial charge in [-0.1, -0.05) is 5.04 Å². The van der Waals surface area contributed by atoms with Crippen LogP contribution in [0.1, 0.15) is 25.7 Å².